The van der Waals surface area contributed by atoms with Crippen molar-refractivity contribution in [3.8, 4) is 0 Å². The highest BCUT2D eigenvalue weighted by atomic mass is 16.4. The summed E-state index contributed by atoms with van der Waals surface area (Å²) in [6.07, 6.45) is 2.21. The van der Waals surface area contributed by atoms with Crippen LogP contribution in [0.4, 0.5) is 0 Å². The lowest BCUT2D eigenvalue weighted by molar-refractivity contribution is -0.143. The molecule has 0 aliphatic carbocycles. The van der Waals surface area contributed by atoms with Crippen LogP contribution in [0, 0.1) is 5.92 Å². The second-order valence-corrected chi connectivity index (χ2v) is 4.77. The minimum Gasteiger partial charge on any atom is -0.481 e. The van der Waals surface area contributed by atoms with Gasteiger partial charge in [-0.25, -0.2) is 0 Å². The van der Waals surface area contributed by atoms with Gasteiger partial charge in [0.05, 0.1) is 12.5 Å². The van der Waals surface area contributed by atoms with Gasteiger partial charge in [-0.05, 0) is 39.3 Å². The van der Waals surface area contributed by atoms with E-state index in [1.54, 1.807) is 0 Å². The van der Waals surface area contributed by atoms with E-state index in [-0.39, 0.29) is 17.9 Å². The second kappa shape index (κ2) is 6.59. The van der Waals surface area contributed by atoms with Gasteiger partial charge in [-0.3, -0.25) is 14.5 Å². The Bertz CT molecular complexity index is 273. The monoisotopic (exact) mass is 242 g/mol. The number of nitrogens with zero attached hydrogens (tertiary/aromatic N) is 1. The number of likely N-dealkylation sites (tertiary alicyclic amines) is 1. The van der Waals surface area contributed by atoms with E-state index in [1.807, 2.05) is 18.7 Å². The van der Waals surface area contributed by atoms with Crippen molar-refractivity contribution in [1.29, 1.82) is 0 Å². The van der Waals surface area contributed by atoms with Gasteiger partial charge in [0.1, 0.15) is 0 Å². The van der Waals surface area contributed by atoms with Crippen LogP contribution < -0.4 is 5.32 Å². The first-order valence-electron chi connectivity index (χ1n) is 6.27. The molecule has 0 aromatic carbocycles. The van der Waals surface area contributed by atoms with E-state index in [2.05, 4.69) is 5.32 Å². The lowest BCUT2D eigenvalue weighted by atomic mass is 9.97. The van der Waals surface area contributed by atoms with Crippen LogP contribution >= 0.6 is 0 Å². The zero-order chi connectivity index (χ0) is 12.8. The highest BCUT2D eigenvalue weighted by Gasteiger charge is 2.25. The molecule has 98 valence electrons. The number of amides is 1. The largest absolute Gasteiger partial charge is 0.481 e. The lowest BCUT2D eigenvalue weighted by Gasteiger charge is -2.29. The SMILES string of the molecule is CC[C@H](C)NC(=O)CN1CCC(C(=O)O)CC1. The summed E-state index contributed by atoms with van der Waals surface area (Å²) in [6, 6.07) is 0.207. The summed E-state index contributed by atoms with van der Waals surface area (Å²) in [5.74, 6) is -0.911. The third-order valence-corrected chi connectivity index (χ3v) is 3.32. The molecule has 0 saturated carbocycles. The number of carbonyl (C=O) groups excluding carboxylic acids is 1. The molecule has 1 atom stereocenters. The van der Waals surface area contributed by atoms with Gasteiger partial charge in [-0.15, -0.1) is 0 Å². The van der Waals surface area contributed by atoms with Crippen LogP contribution in [0.3, 0.4) is 0 Å². The zero-order valence-electron chi connectivity index (χ0n) is 10.6. The van der Waals surface area contributed by atoms with Crippen molar-refractivity contribution in [2.75, 3.05) is 19.6 Å². The number of nitrogens with one attached hydrogen (secondary N) is 1. The molecule has 5 heteroatoms. The average molecular weight is 242 g/mol. The topological polar surface area (TPSA) is 69.6 Å². The molecule has 1 aliphatic heterocycles. The summed E-state index contributed by atoms with van der Waals surface area (Å²) >= 11 is 0. The molecule has 0 aromatic rings. The number of aliphatic carboxylic acids is 1. The molecule has 1 saturated heterocycles. The fourth-order valence-corrected chi connectivity index (χ4v) is 1.96. The third kappa shape index (κ3) is 4.73. The predicted octanol–water partition coefficient (Wildman–Crippen LogP) is 0.698. The molecule has 1 rings (SSSR count). The molecule has 1 heterocycles. The van der Waals surface area contributed by atoms with Crippen molar-refractivity contribution in [3.63, 3.8) is 0 Å². The van der Waals surface area contributed by atoms with Gasteiger partial charge in [0.15, 0.2) is 0 Å². The molecule has 0 bridgehead atoms. The van der Waals surface area contributed by atoms with Gasteiger partial charge in [0.2, 0.25) is 5.91 Å². The van der Waals surface area contributed by atoms with E-state index in [1.165, 1.54) is 0 Å². The number of piperidine rings is 1. The van der Waals surface area contributed by atoms with E-state index >= 15 is 0 Å². The smallest absolute Gasteiger partial charge is 0.306 e. The van der Waals surface area contributed by atoms with Crippen LogP contribution in [0.1, 0.15) is 33.1 Å². The Labute approximate surface area is 102 Å². The maximum Gasteiger partial charge on any atom is 0.306 e. The summed E-state index contributed by atoms with van der Waals surface area (Å²) in [7, 11) is 0. The summed E-state index contributed by atoms with van der Waals surface area (Å²) in [4.78, 5) is 24.4. The van der Waals surface area contributed by atoms with E-state index in [4.69, 9.17) is 5.11 Å². The Hall–Kier alpha value is -1.10. The standard InChI is InChI=1S/C12H22N2O3/c1-3-9(2)13-11(15)8-14-6-4-10(5-7-14)12(16)17/h9-10H,3-8H2,1-2H3,(H,13,15)(H,16,17)/t9-/m0/s1. The summed E-state index contributed by atoms with van der Waals surface area (Å²) in [6.45, 7) is 5.80. The number of carboxylic acid groups (broad SMARTS) is 1. The number of carbonyl (C=O) groups is 2. The van der Waals surface area contributed by atoms with Crippen LogP contribution in [-0.2, 0) is 9.59 Å². The summed E-state index contributed by atoms with van der Waals surface area (Å²) < 4.78 is 0. The molecular formula is C12H22N2O3. The van der Waals surface area contributed by atoms with Crippen LogP contribution in [0.15, 0.2) is 0 Å². The van der Waals surface area contributed by atoms with Crippen molar-refractivity contribution in [2.24, 2.45) is 5.92 Å². The fraction of sp³-hybridized carbons (Fsp3) is 0.833. The van der Waals surface area contributed by atoms with Crippen molar-refractivity contribution < 1.29 is 14.7 Å². The lowest BCUT2D eigenvalue weighted by Crippen LogP contribution is -2.44. The van der Waals surface area contributed by atoms with Crippen molar-refractivity contribution in [3.05, 3.63) is 0 Å². The van der Waals surface area contributed by atoms with Gasteiger partial charge < -0.3 is 10.4 Å². The predicted molar refractivity (Wildman–Crippen MR) is 64.7 cm³/mol. The zero-order valence-corrected chi connectivity index (χ0v) is 10.6. The van der Waals surface area contributed by atoms with Gasteiger partial charge in [0, 0.05) is 6.04 Å². The summed E-state index contributed by atoms with van der Waals surface area (Å²) in [5, 5.41) is 11.8. The molecule has 1 aliphatic rings. The van der Waals surface area contributed by atoms with Crippen LogP contribution in [0.5, 0.6) is 0 Å². The summed E-state index contributed by atoms with van der Waals surface area (Å²) in [5.41, 5.74) is 0. The van der Waals surface area contributed by atoms with E-state index in [0.29, 0.717) is 32.5 Å². The van der Waals surface area contributed by atoms with Crippen LogP contribution in [0.2, 0.25) is 0 Å². The quantitative estimate of drug-likeness (QED) is 0.744. The molecule has 0 spiro atoms. The molecule has 0 unspecified atom stereocenters. The van der Waals surface area contributed by atoms with Crippen molar-refractivity contribution in [1.82, 2.24) is 10.2 Å². The molecule has 17 heavy (non-hydrogen) atoms. The Balaban J connectivity index is 2.26. The number of hydrogen-bond acceptors (Lipinski definition) is 3. The Kier molecular flexibility index (Phi) is 5.41. The van der Waals surface area contributed by atoms with Crippen molar-refractivity contribution >= 4 is 11.9 Å². The normalized spacial score (nSPS) is 19.9. The molecule has 5 nitrogen and oxygen atoms in total. The van der Waals surface area contributed by atoms with E-state index in [9.17, 15) is 9.59 Å². The molecule has 1 fully saturated rings. The molecular weight excluding hydrogens is 220 g/mol. The minimum absolute atomic E-state index is 0.0353. The minimum atomic E-state index is -0.714. The Morgan fingerprint density at radius 2 is 2.00 bits per heavy atom. The molecule has 0 aromatic heterocycles. The van der Waals surface area contributed by atoms with Crippen LogP contribution in [-0.4, -0.2) is 47.6 Å². The maximum absolute atomic E-state index is 11.6. The van der Waals surface area contributed by atoms with Crippen molar-refractivity contribution in [2.45, 2.75) is 39.2 Å². The molecule has 0 radical (unpaired) electrons. The first kappa shape index (κ1) is 14.0. The first-order chi connectivity index (χ1) is 8.02. The van der Waals surface area contributed by atoms with Crippen LogP contribution in [0.25, 0.3) is 0 Å². The van der Waals surface area contributed by atoms with Gasteiger partial charge in [0.25, 0.3) is 0 Å². The second-order valence-electron chi connectivity index (χ2n) is 4.77. The van der Waals surface area contributed by atoms with Gasteiger partial charge in [-0.2, -0.15) is 0 Å². The number of hydrogen-bond donors (Lipinski definition) is 2. The van der Waals surface area contributed by atoms with E-state index < -0.39 is 5.97 Å². The number of carboxylic acids is 1. The highest BCUT2D eigenvalue weighted by Crippen LogP contribution is 2.16. The maximum atomic E-state index is 11.6. The highest BCUT2D eigenvalue weighted by molar-refractivity contribution is 5.78. The third-order valence-electron chi connectivity index (χ3n) is 3.32. The molecule has 1 amide bonds. The van der Waals surface area contributed by atoms with E-state index in [0.717, 1.165) is 6.42 Å². The fourth-order valence-electron chi connectivity index (χ4n) is 1.96. The average Bonchev–Trinajstić information content (AvgIpc) is 2.29. The van der Waals surface area contributed by atoms with Gasteiger partial charge in [-0.1, -0.05) is 6.92 Å². The van der Waals surface area contributed by atoms with Gasteiger partial charge >= 0.3 is 5.97 Å². The molecule has 2 N–H and O–H groups in total. The Morgan fingerprint density at radius 3 is 2.47 bits per heavy atom. The number of rotatable bonds is 5. The Morgan fingerprint density at radius 1 is 1.41 bits per heavy atom. The first-order valence-corrected chi connectivity index (χ1v) is 6.27.